The Morgan fingerprint density at radius 1 is 1.33 bits per heavy atom. The fourth-order valence-corrected chi connectivity index (χ4v) is 2.81. The van der Waals surface area contributed by atoms with Crippen molar-refractivity contribution in [3.05, 3.63) is 47.6 Å². The van der Waals surface area contributed by atoms with Gasteiger partial charge >= 0.3 is 6.03 Å². The molecule has 7 nitrogen and oxygen atoms in total. The molecule has 1 aliphatic rings. The van der Waals surface area contributed by atoms with Crippen molar-refractivity contribution < 1.29 is 9.32 Å². The molecule has 24 heavy (non-hydrogen) atoms. The van der Waals surface area contributed by atoms with Gasteiger partial charge in [-0.05, 0) is 26.0 Å². The van der Waals surface area contributed by atoms with Gasteiger partial charge in [-0.3, -0.25) is 9.88 Å². The number of nitrogens with zero attached hydrogens (tertiary/aromatic N) is 4. The summed E-state index contributed by atoms with van der Waals surface area (Å²) in [6.45, 7) is 7.67. The molecule has 128 valence electrons. The fourth-order valence-electron chi connectivity index (χ4n) is 2.81. The van der Waals surface area contributed by atoms with Crippen molar-refractivity contribution in [3.63, 3.8) is 0 Å². The third-order valence-corrected chi connectivity index (χ3v) is 4.19. The van der Waals surface area contributed by atoms with E-state index in [1.54, 1.807) is 6.20 Å². The van der Waals surface area contributed by atoms with E-state index >= 15 is 0 Å². The van der Waals surface area contributed by atoms with Crippen LogP contribution in [0.2, 0.25) is 0 Å². The third kappa shape index (κ3) is 4.11. The summed E-state index contributed by atoms with van der Waals surface area (Å²) in [7, 11) is 0. The van der Waals surface area contributed by atoms with Gasteiger partial charge in [0.25, 0.3) is 0 Å². The zero-order valence-electron chi connectivity index (χ0n) is 14.1. The highest BCUT2D eigenvalue weighted by atomic mass is 16.5. The molecule has 3 heterocycles. The summed E-state index contributed by atoms with van der Waals surface area (Å²) < 4.78 is 5.09. The number of hydrogen-bond donors (Lipinski definition) is 1. The van der Waals surface area contributed by atoms with Crippen molar-refractivity contribution in [2.75, 3.05) is 26.2 Å². The number of nitrogens with one attached hydrogen (secondary N) is 1. The van der Waals surface area contributed by atoms with E-state index in [1.807, 2.05) is 43.0 Å². The SMILES string of the molecule is Cc1cc(CN2CCN(C(=O)N[C@H](C)c3ccccn3)CC2)no1. The Kier molecular flexibility index (Phi) is 5.10. The lowest BCUT2D eigenvalue weighted by atomic mass is 10.2. The lowest BCUT2D eigenvalue weighted by molar-refractivity contribution is 0.132. The smallest absolute Gasteiger partial charge is 0.318 e. The molecular formula is C17H23N5O2. The minimum absolute atomic E-state index is 0.0370. The van der Waals surface area contributed by atoms with E-state index in [-0.39, 0.29) is 12.1 Å². The Labute approximate surface area is 141 Å². The molecule has 0 saturated carbocycles. The maximum atomic E-state index is 12.4. The van der Waals surface area contributed by atoms with E-state index in [0.29, 0.717) is 13.1 Å². The van der Waals surface area contributed by atoms with E-state index < -0.39 is 0 Å². The molecule has 1 atom stereocenters. The molecule has 3 rings (SSSR count). The summed E-state index contributed by atoms with van der Waals surface area (Å²) in [6, 6.07) is 7.53. The van der Waals surface area contributed by atoms with Crippen LogP contribution >= 0.6 is 0 Å². The van der Waals surface area contributed by atoms with Crippen LogP contribution in [0.5, 0.6) is 0 Å². The van der Waals surface area contributed by atoms with Crippen molar-refractivity contribution in [2.45, 2.75) is 26.4 Å². The van der Waals surface area contributed by atoms with Gasteiger partial charge in [0.05, 0.1) is 17.4 Å². The molecule has 1 saturated heterocycles. The van der Waals surface area contributed by atoms with Gasteiger partial charge in [0.15, 0.2) is 0 Å². The average Bonchev–Trinajstić information content (AvgIpc) is 3.01. The van der Waals surface area contributed by atoms with Crippen molar-refractivity contribution in [3.8, 4) is 0 Å². The van der Waals surface area contributed by atoms with E-state index in [9.17, 15) is 4.79 Å². The first-order valence-corrected chi connectivity index (χ1v) is 8.23. The van der Waals surface area contributed by atoms with Crippen LogP contribution in [-0.4, -0.2) is 52.2 Å². The molecule has 0 aromatic carbocycles. The number of aromatic nitrogens is 2. The monoisotopic (exact) mass is 329 g/mol. The first-order chi connectivity index (χ1) is 11.6. The number of amides is 2. The molecule has 1 fully saturated rings. The lowest BCUT2D eigenvalue weighted by Gasteiger charge is -2.34. The number of carbonyl (C=O) groups excluding carboxylic acids is 1. The van der Waals surface area contributed by atoms with Gasteiger partial charge in [0.2, 0.25) is 0 Å². The Balaban J connectivity index is 1.46. The minimum atomic E-state index is -0.102. The first-order valence-electron chi connectivity index (χ1n) is 8.23. The van der Waals surface area contributed by atoms with Crippen molar-refractivity contribution in [1.29, 1.82) is 0 Å². The number of pyridine rings is 1. The summed E-state index contributed by atoms with van der Waals surface area (Å²) in [6.07, 6.45) is 1.74. The number of urea groups is 1. The molecule has 1 aliphatic heterocycles. The van der Waals surface area contributed by atoms with Gasteiger partial charge in [-0.1, -0.05) is 11.2 Å². The first kappa shape index (κ1) is 16.4. The van der Waals surface area contributed by atoms with Gasteiger partial charge in [-0.2, -0.15) is 0 Å². The molecule has 7 heteroatoms. The number of hydrogen-bond acceptors (Lipinski definition) is 5. The molecule has 0 aliphatic carbocycles. The molecule has 2 aromatic rings. The van der Waals surface area contributed by atoms with E-state index in [0.717, 1.165) is 36.8 Å². The molecule has 0 spiro atoms. The molecule has 0 unspecified atom stereocenters. The largest absolute Gasteiger partial charge is 0.361 e. The maximum Gasteiger partial charge on any atom is 0.318 e. The van der Waals surface area contributed by atoms with Crippen LogP contribution in [0.25, 0.3) is 0 Å². The molecular weight excluding hydrogens is 306 g/mol. The highest BCUT2D eigenvalue weighted by Gasteiger charge is 2.23. The Morgan fingerprint density at radius 2 is 2.12 bits per heavy atom. The fraction of sp³-hybridized carbons (Fsp3) is 0.471. The van der Waals surface area contributed by atoms with Crippen LogP contribution in [0.3, 0.4) is 0 Å². The zero-order valence-corrected chi connectivity index (χ0v) is 14.1. The summed E-state index contributed by atoms with van der Waals surface area (Å²) in [4.78, 5) is 20.8. The third-order valence-electron chi connectivity index (χ3n) is 4.19. The Hall–Kier alpha value is -2.41. The summed E-state index contributed by atoms with van der Waals surface area (Å²) in [5, 5.41) is 7.03. The van der Waals surface area contributed by atoms with Gasteiger partial charge in [0, 0.05) is 45.0 Å². The van der Waals surface area contributed by atoms with Crippen molar-refractivity contribution in [1.82, 2.24) is 25.3 Å². The second-order valence-electron chi connectivity index (χ2n) is 6.12. The van der Waals surface area contributed by atoms with E-state index in [4.69, 9.17) is 4.52 Å². The van der Waals surface area contributed by atoms with Gasteiger partial charge < -0.3 is 14.7 Å². The van der Waals surface area contributed by atoms with Crippen molar-refractivity contribution >= 4 is 6.03 Å². The summed E-state index contributed by atoms with van der Waals surface area (Å²) >= 11 is 0. The number of carbonyl (C=O) groups is 1. The Bertz CT molecular complexity index is 665. The second kappa shape index (κ2) is 7.44. The van der Waals surface area contributed by atoms with Crippen LogP contribution in [0, 0.1) is 6.92 Å². The van der Waals surface area contributed by atoms with E-state index in [2.05, 4.69) is 20.4 Å². The van der Waals surface area contributed by atoms with Gasteiger partial charge in [-0.25, -0.2) is 4.79 Å². The van der Waals surface area contributed by atoms with Crippen LogP contribution < -0.4 is 5.32 Å². The lowest BCUT2D eigenvalue weighted by Crippen LogP contribution is -2.51. The molecule has 0 bridgehead atoms. The highest BCUT2D eigenvalue weighted by Crippen LogP contribution is 2.11. The Morgan fingerprint density at radius 3 is 2.75 bits per heavy atom. The second-order valence-corrected chi connectivity index (χ2v) is 6.12. The predicted octanol–water partition coefficient (Wildman–Crippen LogP) is 1.97. The molecule has 1 N–H and O–H groups in total. The normalized spacial score (nSPS) is 16.8. The highest BCUT2D eigenvalue weighted by molar-refractivity contribution is 5.74. The minimum Gasteiger partial charge on any atom is -0.361 e. The average molecular weight is 329 g/mol. The maximum absolute atomic E-state index is 12.4. The molecule has 2 aromatic heterocycles. The number of rotatable bonds is 4. The van der Waals surface area contributed by atoms with Gasteiger partial charge in [0.1, 0.15) is 5.76 Å². The van der Waals surface area contributed by atoms with Crippen molar-refractivity contribution in [2.24, 2.45) is 0 Å². The molecule has 0 radical (unpaired) electrons. The van der Waals surface area contributed by atoms with Crippen LogP contribution in [-0.2, 0) is 6.54 Å². The summed E-state index contributed by atoms with van der Waals surface area (Å²) in [5.41, 5.74) is 1.81. The van der Waals surface area contributed by atoms with Crippen LogP contribution in [0.4, 0.5) is 4.79 Å². The number of aryl methyl sites for hydroxylation is 1. The van der Waals surface area contributed by atoms with Gasteiger partial charge in [-0.15, -0.1) is 0 Å². The van der Waals surface area contributed by atoms with Crippen LogP contribution in [0.15, 0.2) is 35.0 Å². The number of piperazine rings is 1. The quantitative estimate of drug-likeness (QED) is 0.928. The molecule has 2 amide bonds. The zero-order chi connectivity index (χ0) is 16.9. The summed E-state index contributed by atoms with van der Waals surface area (Å²) in [5.74, 6) is 0.825. The predicted molar refractivity (Wildman–Crippen MR) is 89.3 cm³/mol. The standard InChI is InChI=1S/C17H23N5O2/c1-13-11-15(20-24-13)12-21-7-9-22(10-8-21)17(23)19-14(2)16-5-3-4-6-18-16/h3-6,11,14H,7-10,12H2,1-2H3,(H,19,23)/t14-/m1/s1. The van der Waals surface area contributed by atoms with Crippen LogP contribution in [0.1, 0.15) is 30.1 Å². The topological polar surface area (TPSA) is 74.5 Å². The van der Waals surface area contributed by atoms with E-state index in [1.165, 1.54) is 0 Å².